The first kappa shape index (κ1) is 14.7. The van der Waals surface area contributed by atoms with Gasteiger partial charge in [0.2, 0.25) is 11.8 Å². The molecule has 2 rings (SSSR count). The Kier molecular flexibility index (Phi) is 3.95. The number of carbonyl (C=O) groups excluding carboxylic acids is 2. The van der Waals surface area contributed by atoms with Crippen molar-refractivity contribution >= 4 is 17.5 Å². The molecule has 1 atom stereocenters. The Bertz CT molecular complexity index is 537. The van der Waals surface area contributed by atoms with Gasteiger partial charge in [0.1, 0.15) is 0 Å². The summed E-state index contributed by atoms with van der Waals surface area (Å²) in [5.41, 5.74) is 1.16. The van der Waals surface area contributed by atoms with Gasteiger partial charge in [0.25, 0.3) is 0 Å². The van der Waals surface area contributed by atoms with Crippen LogP contribution < -0.4 is 10.2 Å². The molecule has 1 aliphatic rings. The van der Waals surface area contributed by atoms with Crippen LogP contribution >= 0.6 is 0 Å². The zero-order valence-corrected chi connectivity index (χ0v) is 12.6. The quantitative estimate of drug-likeness (QED) is 0.859. The van der Waals surface area contributed by atoms with Crippen molar-refractivity contribution < 1.29 is 9.59 Å². The third-order valence-electron chi connectivity index (χ3n) is 3.76. The molecule has 0 spiro atoms. The van der Waals surface area contributed by atoms with Crippen molar-refractivity contribution in [3.8, 4) is 0 Å². The van der Waals surface area contributed by atoms with Gasteiger partial charge in [0.15, 0.2) is 0 Å². The summed E-state index contributed by atoms with van der Waals surface area (Å²) < 4.78 is 0. The molecule has 0 radical (unpaired) electrons. The van der Waals surface area contributed by atoms with Crippen LogP contribution in [0, 0.1) is 5.41 Å². The third kappa shape index (κ3) is 2.61. The normalized spacial score (nSPS) is 19.5. The Hall–Kier alpha value is -1.68. The summed E-state index contributed by atoms with van der Waals surface area (Å²) in [4.78, 5) is 25.8. The fourth-order valence-electron chi connectivity index (χ4n) is 2.57. The number of nitrogens with one attached hydrogen (secondary N) is 1. The van der Waals surface area contributed by atoms with Gasteiger partial charge in [-0.05, 0) is 31.2 Å². The highest BCUT2D eigenvalue weighted by Crippen LogP contribution is 2.35. The molecule has 4 heteroatoms. The van der Waals surface area contributed by atoms with Crippen LogP contribution in [-0.2, 0) is 9.59 Å². The number of hydrogen-bond acceptors (Lipinski definition) is 3. The number of carbonyl (C=O) groups is 2. The fraction of sp³-hybridized carbons (Fsp3) is 0.500. The Morgan fingerprint density at radius 1 is 1.35 bits per heavy atom. The molecule has 1 fully saturated rings. The van der Waals surface area contributed by atoms with E-state index in [-0.39, 0.29) is 24.3 Å². The summed E-state index contributed by atoms with van der Waals surface area (Å²) >= 11 is 0. The molecule has 1 saturated heterocycles. The van der Waals surface area contributed by atoms with E-state index in [1.807, 2.05) is 38.1 Å². The molecule has 4 nitrogen and oxygen atoms in total. The first-order valence-corrected chi connectivity index (χ1v) is 7.07. The van der Waals surface area contributed by atoms with E-state index in [4.69, 9.17) is 0 Å². The van der Waals surface area contributed by atoms with E-state index in [9.17, 15) is 9.59 Å². The van der Waals surface area contributed by atoms with Gasteiger partial charge in [-0.25, -0.2) is 0 Å². The second kappa shape index (κ2) is 5.37. The Labute approximate surface area is 120 Å². The second-order valence-corrected chi connectivity index (χ2v) is 5.97. The van der Waals surface area contributed by atoms with Crippen molar-refractivity contribution in [2.24, 2.45) is 5.41 Å². The molecule has 0 saturated carbocycles. The summed E-state index contributed by atoms with van der Waals surface area (Å²) in [6, 6.07) is 7.84. The van der Waals surface area contributed by atoms with Gasteiger partial charge in [-0.2, -0.15) is 0 Å². The SMILES string of the molecule is CCNC(C)c1cccc(N2C(=O)CC(C)(C)C2=O)c1. The third-order valence-corrected chi connectivity index (χ3v) is 3.76. The Balaban J connectivity index is 2.32. The number of rotatable bonds is 4. The van der Waals surface area contributed by atoms with Gasteiger partial charge < -0.3 is 5.32 Å². The molecule has 1 heterocycles. The average Bonchev–Trinajstić information content (AvgIpc) is 2.59. The molecule has 1 unspecified atom stereocenters. The highest BCUT2D eigenvalue weighted by molar-refractivity contribution is 6.22. The number of hydrogen-bond donors (Lipinski definition) is 1. The maximum Gasteiger partial charge on any atom is 0.239 e. The van der Waals surface area contributed by atoms with Gasteiger partial charge in [0, 0.05) is 12.5 Å². The molecule has 0 aromatic heterocycles. The number of amides is 2. The predicted octanol–water partition coefficient (Wildman–Crippen LogP) is 2.65. The Morgan fingerprint density at radius 3 is 2.60 bits per heavy atom. The molecule has 1 N–H and O–H groups in total. The molecule has 1 aromatic carbocycles. The van der Waals surface area contributed by atoms with Crippen LogP contribution in [0.5, 0.6) is 0 Å². The van der Waals surface area contributed by atoms with Gasteiger partial charge >= 0.3 is 0 Å². The first-order chi connectivity index (χ1) is 9.36. The molecule has 20 heavy (non-hydrogen) atoms. The largest absolute Gasteiger partial charge is 0.310 e. The molecule has 108 valence electrons. The smallest absolute Gasteiger partial charge is 0.239 e. The maximum atomic E-state index is 12.3. The topological polar surface area (TPSA) is 49.4 Å². The van der Waals surface area contributed by atoms with E-state index < -0.39 is 5.41 Å². The summed E-state index contributed by atoms with van der Waals surface area (Å²) in [5.74, 6) is -0.232. The highest BCUT2D eigenvalue weighted by Gasteiger charge is 2.45. The lowest BCUT2D eigenvalue weighted by molar-refractivity contribution is -0.124. The van der Waals surface area contributed by atoms with Crippen LogP contribution in [-0.4, -0.2) is 18.4 Å². The Morgan fingerprint density at radius 2 is 2.05 bits per heavy atom. The first-order valence-electron chi connectivity index (χ1n) is 7.07. The standard InChI is InChI=1S/C16H22N2O2/c1-5-17-11(2)12-7-6-8-13(9-12)18-14(19)10-16(3,4)15(18)20/h6-9,11,17H,5,10H2,1-4H3. The van der Waals surface area contributed by atoms with Crippen molar-refractivity contribution in [1.29, 1.82) is 0 Å². The number of imide groups is 1. The molecular formula is C16H22N2O2. The van der Waals surface area contributed by atoms with Crippen LogP contribution in [0.2, 0.25) is 0 Å². The number of nitrogens with zero attached hydrogens (tertiary/aromatic N) is 1. The van der Waals surface area contributed by atoms with E-state index >= 15 is 0 Å². The van der Waals surface area contributed by atoms with Crippen LogP contribution in [0.15, 0.2) is 24.3 Å². The van der Waals surface area contributed by atoms with E-state index in [0.717, 1.165) is 12.1 Å². The van der Waals surface area contributed by atoms with Gasteiger partial charge in [0.05, 0.1) is 11.1 Å². The van der Waals surface area contributed by atoms with E-state index in [1.165, 1.54) is 4.90 Å². The maximum absolute atomic E-state index is 12.3. The summed E-state index contributed by atoms with van der Waals surface area (Å²) in [6.45, 7) is 8.63. The van der Waals surface area contributed by atoms with E-state index in [2.05, 4.69) is 19.2 Å². The van der Waals surface area contributed by atoms with Crippen molar-refractivity contribution in [2.75, 3.05) is 11.4 Å². The predicted molar refractivity (Wildman–Crippen MR) is 79.4 cm³/mol. The van der Waals surface area contributed by atoms with Gasteiger partial charge in [-0.1, -0.05) is 32.9 Å². The molecular weight excluding hydrogens is 252 g/mol. The van der Waals surface area contributed by atoms with Gasteiger partial charge in [-0.15, -0.1) is 0 Å². The lowest BCUT2D eigenvalue weighted by Gasteiger charge is -2.20. The number of anilines is 1. The van der Waals surface area contributed by atoms with E-state index in [0.29, 0.717) is 5.69 Å². The zero-order valence-electron chi connectivity index (χ0n) is 12.6. The lowest BCUT2D eigenvalue weighted by Crippen LogP contribution is -2.33. The van der Waals surface area contributed by atoms with Crippen molar-refractivity contribution in [3.05, 3.63) is 29.8 Å². The average molecular weight is 274 g/mol. The minimum absolute atomic E-state index is 0.115. The minimum atomic E-state index is -0.597. The molecule has 0 aliphatic carbocycles. The summed E-state index contributed by atoms with van der Waals surface area (Å²) in [7, 11) is 0. The van der Waals surface area contributed by atoms with Crippen LogP contribution in [0.25, 0.3) is 0 Å². The second-order valence-electron chi connectivity index (χ2n) is 5.97. The molecule has 1 aliphatic heterocycles. The van der Waals surface area contributed by atoms with Gasteiger partial charge in [-0.3, -0.25) is 14.5 Å². The van der Waals surface area contributed by atoms with Crippen molar-refractivity contribution in [2.45, 2.75) is 40.2 Å². The highest BCUT2D eigenvalue weighted by atomic mass is 16.2. The van der Waals surface area contributed by atoms with Crippen LogP contribution in [0.3, 0.4) is 0 Å². The van der Waals surface area contributed by atoms with Crippen LogP contribution in [0.4, 0.5) is 5.69 Å². The number of benzene rings is 1. The molecule has 0 bridgehead atoms. The fourth-order valence-corrected chi connectivity index (χ4v) is 2.57. The zero-order chi connectivity index (χ0) is 14.9. The summed E-state index contributed by atoms with van der Waals surface area (Å²) in [6.07, 6.45) is 0.277. The van der Waals surface area contributed by atoms with Crippen molar-refractivity contribution in [3.63, 3.8) is 0 Å². The van der Waals surface area contributed by atoms with Crippen LogP contribution in [0.1, 0.15) is 45.7 Å². The summed E-state index contributed by atoms with van der Waals surface area (Å²) in [5, 5.41) is 3.33. The molecule has 2 amide bonds. The van der Waals surface area contributed by atoms with Crippen molar-refractivity contribution in [1.82, 2.24) is 5.32 Å². The molecule has 1 aromatic rings. The minimum Gasteiger partial charge on any atom is -0.310 e. The lowest BCUT2D eigenvalue weighted by atomic mass is 9.92. The van der Waals surface area contributed by atoms with E-state index in [1.54, 1.807) is 0 Å². The monoisotopic (exact) mass is 274 g/mol.